The van der Waals surface area contributed by atoms with Gasteiger partial charge in [0.1, 0.15) is 5.75 Å². The van der Waals surface area contributed by atoms with Crippen LogP contribution in [0.1, 0.15) is 10.4 Å². The minimum absolute atomic E-state index is 0.108. The van der Waals surface area contributed by atoms with E-state index in [1.165, 1.54) is 19.5 Å². The van der Waals surface area contributed by atoms with Gasteiger partial charge in [0.25, 0.3) is 5.91 Å². The van der Waals surface area contributed by atoms with Crippen molar-refractivity contribution in [1.29, 1.82) is 0 Å². The van der Waals surface area contributed by atoms with Crippen molar-refractivity contribution in [1.82, 2.24) is 4.98 Å². The molecule has 0 fully saturated rings. The van der Waals surface area contributed by atoms with Gasteiger partial charge < -0.3 is 21.1 Å². The van der Waals surface area contributed by atoms with Crippen molar-refractivity contribution in [3.05, 3.63) is 48.3 Å². The predicted octanol–water partition coefficient (Wildman–Crippen LogP) is 1.24. The average Bonchev–Trinajstić information content (AvgIpc) is 2.56. The standard InChI is InChI=1S/C15H16N4O3/c1-22-13-8-11(18-14(20)9-16)2-3-12(13)19-15(21)10-4-6-17-7-5-10/h2-8H,9,16H2,1H3,(H,18,20)(H,19,21). The third-order valence-electron chi connectivity index (χ3n) is 2.86. The quantitative estimate of drug-likeness (QED) is 0.770. The first-order valence-electron chi connectivity index (χ1n) is 6.53. The normalized spacial score (nSPS) is 9.91. The smallest absolute Gasteiger partial charge is 0.255 e. The number of hydrogen-bond acceptors (Lipinski definition) is 5. The van der Waals surface area contributed by atoms with E-state index in [0.717, 1.165) is 0 Å². The lowest BCUT2D eigenvalue weighted by atomic mass is 10.2. The molecule has 2 aromatic rings. The number of aromatic nitrogens is 1. The Morgan fingerprint density at radius 1 is 1.18 bits per heavy atom. The third kappa shape index (κ3) is 3.80. The molecular weight excluding hydrogens is 284 g/mol. The number of nitrogens with one attached hydrogen (secondary N) is 2. The van der Waals surface area contributed by atoms with Crippen LogP contribution in [-0.2, 0) is 4.79 Å². The van der Waals surface area contributed by atoms with Gasteiger partial charge in [-0.2, -0.15) is 0 Å². The molecule has 0 saturated carbocycles. The van der Waals surface area contributed by atoms with Gasteiger partial charge in [0.15, 0.2) is 0 Å². The minimum Gasteiger partial charge on any atom is -0.494 e. The first kappa shape index (κ1) is 15.5. The summed E-state index contributed by atoms with van der Waals surface area (Å²) in [5, 5.41) is 5.36. The average molecular weight is 300 g/mol. The van der Waals surface area contributed by atoms with Crippen molar-refractivity contribution in [3.8, 4) is 5.75 Å². The Hall–Kier alpha value is -2.93. The van der Waals surface area contributed by atoms with E-state index in [9.17, 15) is 9.59 Å². The number of ether oxygens (including phenoxy) is 1. The second-order valence-electron chi connectivity index (χ2n) is 4.36. The molecule has 7 nitrogen and oxygen atoms in total. The summed E-state index contributed by atoms with van der Waals surface area (Å²) in [5.41, 5.74) is 6.76. The Morgan fingerprint density at radius 3 is 2.55 bits per heavy atom. The van der Waals surface area contributed by atoms with E-state index in [4.69, 9.17) is 10.5 Å². The third-order valence-corrected chi connectivity index (χ3v) is 2.86. The van der Waals surface area contributed by atoms with Crippen LogP contribution in [0.4, 0.5) is 11.4 Å². The van der Waals surface area contributed by atoms with Gasteiger partial charge in [-0.3, -0.25) is 14.6 Å². The zero-order valence-corrected chi connectivity index (χ0v) is 12.0. The first-order valence-corrected chi connectivity index (χ1v) is 6.53. The number of hydrogen-bond donors (Lipinski definition) is 3. The van der Waals surface area contributed by atoms with Crippen LogP contribution in [0, 0.1) is 0 Å². The highest BCUT2D eigenvalue weighted by atomic mass is 16.5. The SMILES string of the molecule is COc1cc(NC(=O)CN)ccc1NC(=O)c1ccncc1. The lowest BCUT2D eigenvalue weighted by Gasteiger charge is -2.12. The van der Waals surface area contributed by atoms with Gasteiger partial charge in [0.05, 0.1) is 19.3 Å². The van der Waals surface area contributed by atoms with Crippen LogP contribution >= 0.6 is 0 Å². The number of carbonyl (C=O) groups excluding carboxylic acids is 2. The summed E-state index contributed by atoms with van der Waals surface area (Å²) < 4.78 is 5.23. The molecule has 0 spiro atoms. The van der Waals surface area contributed by atoms with Gasteiger partial charge in [-0.15, -0.1) is 0 Å². The molecule has 0 unspecified atom stereocenters. The maximum Gasteiger partial charge on any atom is 0.255 e. The summed E-state index contributed by atoms with van der Waals surface area (Å²) in [6.07, 6.45) is 3.08. The molecule has 1 aromatic heterocycles. The molecule has 0 atom stereocenters. The van der Waals surface area contributed by atoms with Crippen molar-refractivity contribution >= 4 is 23.2 Å². The number of carbonyl (C=O) groups is 2. The van der Waals surface area contributed by atoms with Crippen LogP contribution in [0.15, 0.2) is 42.7 Å². The Balaban J connectivity index is 2.17. The fourth-order valence-corrected chi connectivity index (χ4v) is 1.78. The lowest BCUT2D eigenvalue weighted by Crippen LogP contribution is -2.21. The number of benzene rings is 1. The number of amides is 2. The van der Waals surface area contributed by atoms with Gasteiger partial charge in [0, 0.05) is 29.7 Å². The number of methoxy groups -OCH3 is 1. The van der Waals surface area contributed by atoms with Gasteiger partial charge in [-0.25, -0.2) is 0 Å². The van der Waals surface area contributed by atoms with Gasteiger partial charge in [-0.05, 0) is 24.3 Å². The van der Waals surface area contributed by atoms with E-state index in [2.05, 4.69) is 15.6 Å². The van der Waals surface area contributed by atoms with Crippen molar-refractivity contribution in [2.24, 2.45) is 5.73 Å². The molecule has 0 bridgehead atoms. The molecular formula is C15H16N4O3. The summed E-state index contributed by atoms with van der Waals surface area (Å²) in [4.78, 5) is 27.2. The van der Waals surface area contributed by atoms with Crippen LogP contribution in [-0.4, -0.2) is 30.5 Å². The van der Waals surface area contributed by atoms with Crippen LogP contribution in [0.5, 0.6) is 5.75 Å². The number of nitrogens with zero attached hydrogens (tertiary/aromatic N) is 1. The molecule has 0 aliphatic rings. The largest absolute Gasteiger partial charge is 0.494 e. The monoisotopic (exact) mass is 300 g/mol. The molecule has 7 heteroatoms. The van der Waals surface area contributed by atoms with E-state index >= 15 is 0 Å². The summed E-state index contributed by atoms with van der Waals surface area (Å²) >= 11 is 0. The summed E-state index contributed by atoms with van der Waals surface area (Å²) in [6.45, 7) is -0.108. The molecule has 4 N–H and O–H groups in total. The van der Waals surface area contributed by atoms with Gasteiger partial charge in [0.2, 0.25) is 5.91 Å². The lowest BCUT2D eigenvalue weighted by molar-refractivity contribution is -0.114. The highest BCUT2D eigenvalue weighted by molar-refractivity contribution is 6.05. The number of pyridine rings is 1. The van der Waals surface area contributed by atoms with E-state index in [1.807, 2.05) is 0 Å². The molecule has 0 radical (unpaired) electrons. The van der Waals surface area contributed by atoms with Crippen molar-refractivity contribution in [2.75, 3.05) is 24.3 Å². The Morgan fingerprint density at radius 2 is 1.91 bits per heavy atom. The number of anilines is 2. The fraction of sp³-hybridized carbons (Fsp3) is 0.133. The highest BCUT2D eigenvalue weighted by Gasteiger charge is 2.11. The second kappa shape index (κ2) is 7.19. The molecule has 1 aromatic carbocycles. The fourth-order valence-electron chi connectivity index (χ4n) is 1.78. The Kier molecular flexibility index (Phi) is 5.05. The topological polar surface area (TPSA) is 106 Å². The Bertz CT molecular complexity index is 674. The minimum atomic E-state index is -0.310. The molecule has 1 heterocycles. The van der Waals surface area contributed by atoms with Crippen LogP contribution in [0.25, 0.3) is 0 Å². The molecule has 2 amide bonds. The molecule has 0 aliphatic heterocycles. The van der Waals surface area contributed by atoms with E-state index in [-0.39, 0.29) is 18.4 Å². The molecule has 0 saturated heterocycles. The predicted molar refractivity (Wildman–Crippen MR) is 82.9 cm³/mol. The highest BCUT2D eigenvalue weighted by Crippen LogP contribution is 2.28. The Labute approximate surface area is 127 Å². The summed E-state index contributed by atoms with van der Waals surface area (Å²) in [6, 6.07) is 8.12. The first-order chi connectivity index (χ1) is 10.6. The summed E-state index contributed by atoms with van der Waals surface area (Å²) in [7, 11) is 1.48. The van der Waals surface area contributed by atoms with E-state index < -0.39 is 0 Å². The van der Waals surface area contributed by atoms with Crippen molar-refractivity contribution in [2.45, 2.75) is 0 Å². The zero-order chi connectivity index (χ0) is 15.9. The molecule has 0 aliphatic carbocycles. The van der Waals surface area contributed by atoms with E-state index in [0.29, 0.717) is 22.7 Å². The molecule has 114 valence electrons. The van der Waals surface area contributed by atoms with Gasteiger partial charge >= 0.3 is 0 Å². The van der Waals surface area contributed by atoms with Gasteiger partial charge in [-0.1, -0.05) is 0 Å². The summed E-state index contributed by atoms with van der Waals surface area (Å²) in [5.74, 6) is -0.160. The van der Waals surface area contributed by atoms with Crippen molar-refractivity contribution < 1.29 is 14.3 Å². The number of rotatable bonds is 5. The van der Waals surface area contributed by atoms with Crippen LogP contribution < -0.4 is 21.1 Å². The van der Waals surface area contributed by atoms with Crippen LogP contribution in [0.3, 0.4) is 0 Å². The van der Waals surface area contributed by atoms with Crippen LogP contribution in [0.2, 0.25) is 0 Å². The molecule has 2 rings (SSSR count). The zero-order valence-electron chi connectivity index (χ0n) is 12.0. The number of nitrogens with two attached hydrogens (primary N) is 1. The maximum absolute atomic E-state index is 12.1. The molecule has 22 heavy (non-hydrogen) atoms. The second-order valence-corrected chi connectivity index (χ2v) is 4.36. The van der Waals surface area contributed by atoms with E-state index in [1.54, 1.807) is 30.3 Å². The van der Waals surface area contributed by atoms with Crippen molar-refractivity contribution in [3.63, 3.8) is 0 Å². The maximum atomic E-state index is 12.1.